The highest BCUT2D eigenvalue weighted by atomic mass is 35.5. The summed E-state index contributed by atoms with van der Waals surface area (Å²) in [5.74, 6) is 8.15. The zero-order valence-corrected chi connectivity index (χ0v) is 15.9. The number of benzene rings is 2. The minimum Gasteiger partial charge on any atom is -0.338 e. The van der Waals surface area contributed by atoms with Gasteiger partial charge in [0.2, 0.25) is 16.9 Å². The lowest BCUT2D eigenvalue weighted by Gasteiger charge is -2.03. The minimum absolute atomic E-state index is 0.434. The van der Waals surface area contributed by atoms with Gasteiger partial charge in [0.25, 0.3) is 0 Å². The maximum Gasteiger partial charge on any atom is 0.237 e. The first kappa shape index (κ1) is 17.6. The fourth-order valence-electron chi connectivity index (χ4n) is 2.57. The molecule has 4 aromatic rings. The first-order chi connectivity index (χ1) is 13.1. The van der Waals surface area contributed by atoms with Gasteiger partial charge in [-0.1, -0.05) is 64.9 Å². The Morgan fingerprint density at radius 3 is 2.81 bits per heavy atom. The van der Waals surface area contributed by atoms with Crippen molar-refractivity contribution in [1.29, 1.82) is 0 Å². The van der Waals surface area contributed by atoms with Gasteiger partial charge in [0, 0.05) is 16.1 Å². The van der Waals surface area contributed by atoms with E-state index in [4.69, 9.17) is 22.0 Å². The van der Waals surface area contributed by atoms with Gasteiger partial charge < -0.3 is 10.4 Å². The predicted molar refractivity (Wildman–Crippen MR) is 105 cm³/mol. The normalized spacial score (nSPS) is 11.0. The Labute approximate surface area is 164 Å². The Morgan fingerprint density at radius 2 is 2.00 bits per heavy atom. The first-order valence-corrected chi connectivity index (χ1v) is 9.46. The van der Waals surface area contributed by atoms with Gasteiger partial charge in [0.05, 0.1) is 5.75 Å². The fourth-order valence-corrected chi connectivity index (χ4v) is 3.46. The average Bonchev–Trinajstić information content (AvgIpc) is 3.27. The van der Waals surface area contributed by atoms with Crippen molar-refractivity contribution in [3.63, 3.8) is 0 Å². The van der Waals surface area contributed by atoms with Crippen molar-refractivity contribution < 1.29 is 4.52 Å². The molecule has 0 aliphatic rings. The molecule has 0 spiro atoms. The van der Waals surface area contributed by atoms with E-state index in [0.717, 1.165) is 16.7 Å². The van der Waals surface area contributed by atoms with Crippen LogP contribution in [0.4, 0.5) is 0 Å². The molecule has 0 bridgehead atoms. The summed E-state index contributed by atoms with van der Waals surface area (Å²) in [5, 5.41) is 13.5. The van der Waals surface area contributed by atoms with Crippen LogP contribution in [0.1, 0.15) is 11.5 Å². The van der Waals surface area contributed by atoms with E-state index in [1.807, 2.05) is 43.3 Å². The molecular weight excluding hydrogens is 384 g/mol. The summed E-state index contributed by atoms with van der Waals surface area (Å²) in [6.07, 6.45) is 0. The lowest BCUT2D eigenvalue weighted by atomic mass is 10.1. The quantitative estimate of drug-likeness (QED) is 0.401. The molecule has 0 fully saturated rings. The Bertz CT molecular complexity index is 1090. The lowest BCUT2D eigenvalue weighted by Crippen LogP contribution is -2.11. The van der Waals surface area contributed by atoms with E-state index >= 15 is 0 Å². The Kier molecular flexibility index (Phi) is 4.83. The largest absolute Gasteiger partial charge is 0.338 e. The molecule has 0 saturated carbocycles. The van der Waals surface area contributed by atoms with Crippen molar-refractivity contribution in [3.8, 4) is 22.8 Å². The number of nitrogens with zero attached hydrogens (tertiary/aromatic N) is 5. The predicted octanol–water partition coefficient (Wildman–Crippen LogP) is 3.96. The number of aromatic nitrogens is 5. The summed E-state index contributed by atoms with van der Waals surface area (Å²) in [6.45, 7) is 2.01. The summed E-state index contributed by atoms with van der Waals surface area (Å²) in [4.78, 5) is 4.45. The minimum atomic E-state index is 0.434. The van der Waals surface area contributed by atoms with Gasteiger partial charge in [-0.05, 0) is 24.6 Å². The van der Waals surface area contributed by atoms with Gasteiger partial charge in [0.15, 0.2) is 5.82 Å². The van der Waals surface area contributed by atoms with Crippen LogP contribution in [0.25, 0.3) is 22.8 Å². The van der Waals surface area contributed by atoms with E-state index < -0.39 is 0 Å². The van der Waals surface area contributed by atoms with E-state index in [-0.39, 0.29) is 0 Å². The van der Waals surface area contributed by atoms with Crippen LogP contribution in [-0.2, 0) is 5.75 Å². The number of thioether (sulfide) groups is 1. The van der Waals surface area contributed by atoms with Crippen LogP contribution in [0.5, 0.6) is 0 Å². The maximum absolute atomic E-state index is 6.13. The van der Waals surface area contributed by atoms with E-state index in [1.165, 1.54) is 16.4 Å². The molecule has 9 heteroatoms. The summed E-state index contributed by atoms with van der Waals surface area (Å²) in [5.41, 5.74) is 2.83. The second-order valence-corrected chi connectivity index (χ2v) is 7.18. The molecule has 2 N–H and O–H groups in total. The van der Waals surface area contributed by atoms with E-state index in [0.29, 0.717) is 33.5 Å². The van der Waals surface area contributed by atoms with Crippen LogP contribution in [-0.4, -0.2) is 25.0 Å². The number of halogens is 1. The summed E-state index contributed by atoms with van der Waals surface area (Å²) < 4.78 is 6.77. The Balaban J connectivity index is 1.50. The molecule has 0 unspecified atom stereocenters. The topological polar surface area (TPSA) is 95.7 Å². The third kappa shape index (κ3) is 3.67. The van der Waals surface area contributed by atoms with Crippen molar-refractivity contribution in [2.75, 3.05) is 5.84 Å². The average molecular weight is 399 g/mol. The molecule has 27 heavy (non-hydrogen) atoms. The fraction of sp³-hybridized carbons (Fsp3) is 0.111. The summed E-state index contributed by atoms with van der Waals surface area (Å²) in [6, 6.07) is 15.2. The molecule has 136 valence electrons. The maximum atomic E-state index is 6.13. The van der Waals surface area contributed by atoms with Crippen LogP contribution in [0.2, 0.25) is 5.02 Å². The summed E-state index contributed by atoms with van der Waals surface area (Å²) in [7, 11) is 0. The van der Waals surface area contributed by atoms with Crippen molar-refractivity contribution >= 4 is 23.4 Å². The smallest absolute Gasteiger partial charge is 0.237 e. The van der Waals surface area contributed by atoms with Gasteiger partial charge in [0.1, 0.15) is 0 Å². The van der Waals surface area contributed by atoms with Gasteiger partial charge in [-0.25, -0.2) is 4.68 Å². The van der Waals surface area contributed by atoms with Crippen molar-refractivity contribution in [2.24, 2.45) is 0 Å². The number of aryl methyl sites for hydroxylation is 1. The van der Waals surface area contributed by atoms with Crippen molar-refractivity contribution in [1.82, 2.24) is 25.0 Å². The van der Waals surface area contributed by atoms with Crippen molar-refractivity contribution in [3.05, 3.63) is 65.0 Å². The summed E-state index contributed by atoms with van der Waals surface area (Å²) >= 11 is 7.40. The second kappa shape index (κ2) is 7.42. The van der Waals surface area contributed by atoms with Crippen LogP contribution >= 0.6 is 23.4 Å². The van der Waals surface area contributed by atoms with Gasteiger partial charge >= 0.3 is 0 Å². The van der Waals surface area contributed by atoms with Crippen molar-refractivity contribution in [2.45, 2.75) is 17.8 Å². The number of rotatable bonds is 5. The molecule has 0 atom stereocenters. The SMILES string of the molecule is Cc1ccccc1-c1noc(CSc2nnc(-c3cccc(Cl)c3)n2N)n1. The molecule has 0 saturated heterocycles. The Morgan fingerprint density at radius 1 is 1.15 bits per heavy atom. The molecule has 0 aliphatic carbocycles. The highest BCUT2D eigenvalue weighted by Gasteiger charge is 2.15. The number of hydrogen-bond acceptors (Lipinski definition) is 7. The molecule has 0 amide bonds. The zero-order valence-electron chi connectivity index (χ0n) is 14.3. The van der Waals surface area contributed by atoms with Crippen LogP contribution in [0, 0.1) is 6.92 Å². The van der Waals surface area contributed by atoms with Crippen LogP contribution in [0.15, 0.2) is 58.2 Å². The van der Waals surface area contributed by atoms with Crippen LogP contribution < -0.4 is 5.84 Å². The first-order valence-electron chi connectivity index (χ1n) is 8.09. The van der Waals surface area contributed by atoms with Gasteiger partial charge in [-0.15, -0.1) is 10.2 Å². The molecule has 4 rings (SSSR count). The highest BCUT2D eigenvalue weighted by Crippen LogP contribution is 2.26. The third-order valence-corrected chi connectivity index (χ3v) is 5.09. The highest BCUT2D eigenvalue weighted by molar-refractivity contribution is 7.98. The van der Waals surface area contributed by atoms with Gasteiger partial charge in [-0.2, -0.15) is 4.98 Å². The van der Waals surface area contributed by atoms with E-state index in [9.17, 15) is 0 Å². The number of nitrogen functional groups attached to an aromatic ring is 1. The number of hydrogen-bond donors (Lipinski definition) is 1. The Hall–Kier alpha value is -2.84. The van der Waals surface area contributed by atoms with E-state index in [1.54, 1.807) is 12.1 Å². The molecule has 2 aromatic heterocycles. The van der Waals surface area contributed by atoms with Gasteiger partial charge in [-0.3, -0.25) is 0 Å². The monoisotopic (exact) mass is 398 g/mol. The molecule has 7 nitrogen and oxygen atoms in total. The lowest BCUT2D eigenvalue weighted by molar-refractivity contribution is 0.391. The third-order valence-electron chi connectivity index (χ3n) is 3.93. The van der Waals surface area contributed by atoms with E-state index in [2.05, 4.69) is 20.3 Å². The second-order valence-electron chi connectivity index (χ2n) is 5.80. The molecular formula is C18H15ClN6OS. The zero-order chi connectivity index (χ0) is 18.8. The molecule has 2 aromatic carbocycles. The van der Waals surface area contributed by atoms with Crippen LogP contribution in [0.3, 0.4) is 0 Å². The molecule has 0 aliphatic heterocycles. The standard InChI is InChI=1S/C18H15ClN6OS/c1-11-5-2-3-8-14(11)16-21-15(26-24-16)10-27-18-23-22-17(25(18)20)12-6-4-7-13(19)9-12/h2-9H,10,20H2,1H3. The molecule has 2 heterocycles. The molecule has 0 radical (unpaired) electrons. The number of nitrogens with two attached hydrogens (primary N) is 1.